The molecule has 1 aromatic rings. The summed E-state index contributed by atoms with van der Waals surface area (Å²) in [5.74, 6) is 0.776. The summed E-state index contributed by atoms with van der Waals surface area (Å²) in [5, 5.41) is 9.24. The van der Waals surface area contributed by atoms with Crippen LogP contribution in [0.25, 0.3) is 0 Å². The van der Waals surface area contributed by atoms with Crippen LogP contribution < -0.4 is 16.0 Å². The number of ether oxygens (including phenoxy) is 1. The third kappa shape index (κ3) is 9.10. The topological polar surface area (TPSA) is 74.8 Å². The van der Waals surface area contributed by atoms with Crippen molar-refractivity contribution in [1.82, 2.24) is 16.0 Å². The number of carbonyl (C=O) groups is 1. The lowest BCUT2D eigenvalue weighted by molar-refractivity contribution is 0.0963. The lowest BCUT2D eigenvalue weighted by Crippen LogP contribution is -2.38. The highest BCUT2D eigenvalue weighted by Gasteiger charge is 2.04. The number of hydrogen-bond donors (Lipinski definition) is 3. The fraction of sp³-hybridized carbons (Fsp3) is 0.579. The highest BCUT2D eigenvalue weighted by atomic mass is 16.5. The van der Waals surface area contributed by atoms with Crippen molar-refractivity contribution in [2.45, 2.75) is 33.1 Å². The summed E-state index contributed by atoms with van der Waals surface area (Å²) in [4.78, 5) is 16.3. The van der Waals surface area contributed by atoms with Crippen molar-refractivity contribution in [1.29, 1.82) is 0 Å². The van der Waals surface area contributed by atoms with E-state index >= 15 is 0 Å². The lowest BCUT2D eigenvalue weighted by Gasteiger charge is -2.11. The van der Waals surface area contributed by atoms with Crippen LogP contribution in [-0.2, 0) is 11.2 Å². The maximum Gasteiger partial charge on any atom is 0.251 e. The minimum Gasteiger partial charge on any atom is -0.382 e. The van der Waals surface area contributed by atoms with E-state index < -0.39 is 0 Å². The van der Waals surface area contributed by atoms with Gasteiger partial charge in [-0.15, -0.1) is 0 Å². The van der Waals surface area contributed by atoms with Crippen molar-refractivity contribution in [2.24, 2.45) is 4.99 Å². The first-order chi connectivity index (χ1) is 12.2. The maximum atomic E-state index is 11.7. The second-order valence-electron chi connectivity index (χ2n) is 5.62. The van der Waals surface area contributed by atoms with Crippen LogP contribution in [0.5, 0.6) is 0 Å². The average Bonchev–Trinajstić information content (AvgIpc) is 2.64. The molecular formula is C19H32N4O2. The Labute approximate surface area is 151 Å². The second-order valence-corrected chi connectivity index (χ2v) is 5.62. The van der Waals surface area contributed by atoms with Gasteiger partial charge in [0.05, 0.1) is 0 Å². The van der Waals surface area contributed by atoms with E-state index in [1.807, 2.05) is 31.2 Å². The third-order valence-electron chi connectivity index (χ3n) is 3.64. The van der Waals surface area contributed by atoms with Gasteiger partial charge in [-0.2, -0.15) is 0 Å². The van der Waals surface area contributed by atoms with E-state index in [1.54, 1.807) is 7.05 Å². The van der Waals surface area contributed by atoms with Crippen LogP contribution in [0.1, 0.15) is 42.6 Å². The standard InChI is InChI=1S/C19H32N4O2/c1-4-21-19(22-12-6-7-14-25-5-2)23-13-11-16-9-8-10-17(15-16)18(24)20-3/h8-10,15H,4-7,11-14H2,1-3H3,(H,20,24)(H2,21,22,23). The van der Waals surface area contributed by atoms with Crippen molar-refractivity contribution < 1.29 is 9.53 Å². The fourth-order valence-electron chi connectivity index (χ4n) is 2.33. The molecule has 0 saturated heterocycles. The smallest absolute Gasteiger partial charge is 0.251 e. The van der Waals surface area contributed by atoms with Crippen LogP contribution >= 0.6 is 0 Å². The van der Waals surface area contributed by atoms with E-state index in [0.29, 0.717) is 5.56 Å². The normalized spacial score (nSPS) is 11.2. The molecular weight excluding hydrogens is 316 g/mol. The van der Waals surface area contributed by atoms with Gasteiger partial charge in [-0.1, -0.05) is 12.1 Å². The van der Waals surface area contributed by atoms with E-state index in [4.69, 9.17) is 4.74 Å². The van der Waals surface area contributed by atoms with Gasteiger partial charge in [-0.25, -0.2) is 0 Å². The molecule has 1 aromatic carbocycles. The molecule has 0 fully saturated rings. The number of aliphatic imine (C=N–C) groups is 1. The predicted molar refractivity (Wildman–Crippen MR) is 103 cm³/mol. The molecule has 0 bridgehead atoms. The van der Waals surface area contributed by atoms with Crippen LogP contribution in [-0.4, -0.2) is 51.8 Å². The Kier molecular flexibility index (Phi) is 11.1. The van der Waals surface area contributed by atoms with Gasteiger partial charge in [0, 0.05) is 45.5 Å². The molecule has 1 amide bonds. The Hall–Kier alpha value is -2.08. The number of guanidine groups is 1. The van der Waals surface area contributed by atoms with Crippen molar-refractivity contribution in [2.75, 3.05) is 39.9 Å². The Bertz CT molecular complexity index is 532. The molecule has 140 valence electrons. The van der Waals surface area contributed by atoms with Crippen LogP contribution in [0.15, 0.2) is 29.3 Å². The largest absolute Gasteiger partial charge is 0.382 e. The van der Waals surface area contributed by atoms with Crippen LogP contribution in [0, 0.1) is 0 Å². The maximum absolute atomic E-state index is 11.7. The zero-order valence-corrected chi connectivity index (χ0v) is 15.7. The minimum absolute atomic E-state index is 0.0586. The van der Waals surface area contributed by atoms with Gasteiger partial charge in [0.1, 0.15) is 0 Å². The molecule has 0 atom stereocenters. The highest BCUT2D eigenvalue weighted by Crippen LogP contribution is 2.05. The molecule has 0 spiro atoms. The van der Waals surface area contributed by atoms with Crippen molar-refractivity contribution in [3.63, 3.8) is 0 Å². The molecule has 0 saturated carbocycles. The van der Waals surface area contributed by atoms with Gasteiger partial charge < -0.3 is 20.7 Å². The molecule has 3 N–H and O–H groups in total. The number of carbonyl (C=O) groups excluding carboxylic acids is 1. The molecule has 0 aliphatic rings. The zero-order chi connectivity index (χ0) is 18.3. The first-order valence-corrected chi connectivity index (χ1v) is 9.12. The van der Waals surface area contributed by atoms with Crippen LogP contribution in [0.4, 0.5) is 0 Å². The number of nitrogens with one attached hydrogen (secondary N) is 3. The molecule has 0 heterocycles. The second kappa shape index (κ2) is 13.2. The Morgan fingerprint density at radius 1 is 1.20 bits per heavy atom. The number of unbranched alkanes of at least 4 members (excludes halogenated alkanes) is 1. The predicted octanol–water partition coefficient (Wildman–Crippen LogP) is 1.96. The summed E-state index contributed by atoms with van der Waals surface area (Å²) in [7, 11) is 1.64. The van der Waals surface area contributed by atoms with Crippen molar-refractivity contribution >= 4 is 11.9 Å². The molecule has 6 nitrogen and oxygen atoms in total. The third-order valence-corrected chi connectivity index (χ3v) is 3.64. The average molecular weight is 348 g/mol. The Morgan fingerprint density at radius 2 is 2.04 bits per heavy atom. The molecule has 0 aromatic heterocycles. The summed E-state index contributed by atoms with van der Waals surface area (Å²) in [6.45, 7) is 8.02. The van der Waals surface area contributed by atoms with Gasteiger partial charge in [0.15, 0.2) is 5.96 Å². The van der Waals surface area contributed by atoms with E-state index in [9.17, 15) is 4.79 Å². The molecule has 1 rings (SSSR count). The molecule has 6 heteroatoms. The molecule has 0 aliphatic heterocycles. The molecule has 0 aliphatic carbocycles. The van der Waals surface area contributed by atoms with Gasteiger partial charge in [-0.3, -0.25) is 9.79 Å². The summed E-state index contributed by atoms with van der Waals surface area (Å²) in [6.07, 6.45) is 2.88. The quantitative estimate of drug-likeness (QED) is 0.325. The van der Waals surface area contributed by atoms with Gasteiger partial charge in [-0.05, 0) is 50.8 Å². The Balaban J connectivity index is 2.40. The number of benzene rings is 1. The monoisotopic (exact) mass is 348 g/mol. The van der Waals surface area contributed by atoms with Crippen LogP contribution in [0.3, 0.4) is 0 Å². The van der Waals surface area contributed by atoms with E-state index in [0.717, 1.165) is 63.6 Å². The van der Waals surface area contributed by atoms with Gasteiger partial charge in [0.25, 0.3) is 5.91 Å². The van der Waals surface area contributed by atoms with E-state index in [1.165, 1.54) is 0 Å². The van der Waals surface area contributed by atoms with E-state index in [-0.39, 0.29) is 5.91 Å². The first-order valence-electron chi connectivity index (χ1n) is 9.12. The summed E-state index contributed by atoms with van der Waals surface area (Å²) < 4.78 is 5.33. The SMILES string of the molecule is CCNC(=NCCCCOCC)NCCc1cccc(C(=O)NC)c1. The number of amides is 1. The summed E-state index contributed by atoms with van der Waals surface area (Å²) in [5.41, 5.74) is 1.82. The number of hydrogen-bond acceptors (Lipinski definition) is 3. The minimum atomic E-state index is -0.0586. The molecule has 0 radical (unpaired) electrons. The first kappa shape index (κ1) is 21.0. The number of nitrogens with zero attached hydrogens (tertiary/aromatic N) is 1. The molecule has 0 unspecified atom stereocenters. The van der Waals surface area contributed by atoms with Gasteiger partial charge >= 0.3 is 0 Å². The summed E-state index contributed by atoms with van der Waals surface area (Å²) >= 11 is 0. The van der Waals surface area contributed by atoms with Crippen molar-refractivity contribution in [3.8, 4) is 0 Å². The van der Waals surface area contributed by atoms with Crippen LogP contribution in [0.2, 0.25) is 0 Å². The van der Waals surface area contributed by atoms with Gasteiger partial charge in [0.2, 0.25) is 0 Å². The highest BCUT2D eigenvalue weighted by molar-refractivity contribution is 5.94. The summed E-state index contributed by atoms with van der Waals surface area (Å²) in [6, 6.07) is 7.70. The zero-order valence-electron chi connectivity index (χ0n) is 15.7. The number of rotatable bonds is 11. The van der Waals surface area contributed by atoms with Crippen molar-refractivity contribution in [3.05, 3.63) is 35.4 Å². The lowest BCUT2D eigenvalue weighted by atomic mass is 10.1. The Morgan fingerprint density at radius 3 is 2.76 bits per heavy atom. The molecule has 25 heavy (non-hydrogen) atoms. The van der Waals surface area contributed by atoms with E-state index in [2.05, 4.69) is 27.9 Å². The fourth-order valence-corrected chi connectivity index (χ4v) is 2.33.